The van der Waals surface area contributed by atoms with Gasteiger partial charge in [-0.05, 0) is 48.6 Å². The number of esters is 1. The van der Waals surface area contributed by atoms with Gasteiger partial charge in [0, 0.05) is 6.07 Å². The van der Waals surface area contributed by atoms with Gasteiger partial charge in [0.2, 0.25) is 5.78 Å². The number of benzene rings is 2. The number of fused-ring (bicyclic) bond motifs is 1. The summed E-state index contributed by atoms with van der Waals surface area (Å²) >= 11 is 0. The highest BCUT2D eigenvalue weighted by atomic mass is 16.5. The van der Waals surface area contributed by atoms with E-state index in [1.807, 2.05) is 24.3 Å². The molecule has 2 aromatic carbocycles. The molecule has 1 saturated carbocycles. The van der Waals surface area contributed by atoms with E-state index in [0.717, 1.165) is 24.8 Å². The van der Waals surface area contributed by atoms with E-state index in [-0.39, 0.29) is 23.4 Å². The maximum absolute atomic E-state index is 12.5. The molecular formula is C21H18O4. The first kappa shape index (κ1) is 15.6. The van der Waals surface area contributed by atoms with E-state index < -0.39 is 0 Å². The highest BCUT2D eigenvalue weighted by Crippen LogP contribution is 2.36. The van der Waals surface area contributed by atoms with Crippen molar-refractivity contribution in [2.24, 2.45) is 5.92 Å². The summed E-state index contributed by atoms with van der Waals surface area (Å²) in [4.78, 5) is 24.2. The Balaban J connectivity index is 1.55. The smallest absolute Gasteiger partial charge is 0.314 e. The summed E-state index contributed by atoms with van der Waals surface area (Å²) in [5, 5.41) is 0. The summed E-state index contributed by atoms with van der Waals surface area (Å²) in [6.07, 6.45) is 4.49. The van der Waals surface area contributed by atoms with E-state index in [1.165, 1.54) is 5.56 Å². The zero-order valence-corrected chi connectivity index (χ0v) is 14.0. The minimum Gasteiger partial charge on any atom is -0.452 e. The van der Waals surface area contributed by atoms with Gasteiger partial charge >= 0.3 is 5.97 Å². The first-order valence-electron chi connectivity index (χ1n) is 8.53. The second-order valence-corrected chi connectivity index (χ2v) is 6.39. The van der Waals surface area contributed by atoms with Gasteiger partial charge in [0.15, 0.2) is 5.76 Å². The van der Waals surface area contributed by atoms with Crippen molar-refractivity contribution in [2.75, 3.05) is 0 Å². The molecule has 0 spiro atoms. The number of carbonyl (C=O) groups excluding carboxylic acids is 2. The third-order valence-corrected chi connectivity index (χ3v) is 4.46. The number of aryl methyl sites for hydroxylation is 1. The number of carbonyl (C=O) groups is 2. The third kappa shape index (κ3) is 3.20. The summed E-state index contributed by atoms with van der Waals surface area (Å²) in [5.74, 6) is 0.785. The van der Waals surface area contributed by atoms with Gasteiger partial charge in [0.05, 0.1) is 11.5 Å². The van der Waals surface area contributed by atoms with Crippen molar-refractivity contribution in [1.29, 1.82) is 0 Å². The minimum absolute atomic E-state index is 0.0253. The van der Waals surface area contributed by atoms with Gasteiger partial charge in [-0.25, -0.2) is 0 Å². The van der Waals surface area contributed by atoms with Crippen LogP contribution in [-0.2, 0) is 11.2 Å². The molecular weight excluding hydrogens is 316 g/mol. The topological polar surface area (TPSA) is 52.6 Å². The maximum atomic E-state index is 12.5. The molecule has 4 nitrogen and oxygen atoms in total. The first-order chi connectivity index (χ1) is 12.1. The van der Waals surface area contributed by atoms with Gasteiger partial charge in [-0.1, -0.05) is 31.2 Å². The Labute approximate surface area is 146 Å². The Morgan fingerprint density at radius 3 is 2.64 bits per heavy atom. The number of Topliss-reactive ketones (excluding diaryl/α,β-unsaturated/α-hetero) is 1. The molecule has 1 heterocycles. The van der Waals surface area contributed by atoms with Crippen LogP contribution in [0, 0.1) is 5.92 Å². The van der Waals surface area contributed by atoms with E-state index in [1.54, 1.807) is 24.3 Å². The van der Waals surface area contributed by atoms with Gasteiger partial charge < -0.3 is 9.47 Å². The van der Waals surface area contributed by atoms with Crippen molar-refractivity contribution in [3.63, 3.8) is 0 Å². The Morgan fingerprint density at radius 2 is 1.96 bits per heavy atom. The highest BCUT2D eigenvalue weighted by Gasteiger charge is 2.32. The van der Waals surface area contributed by atoms with Gasteiger partial charge in [0.1, 0.15) is 11.5 Å². The SMILES string of the molecule is CCc1ccc(C=C2Oc3cc(OC(=O)C4CC4)ccc3C2=O)cc1. The summed E-state index contributed by atoms with van der Waals surface area (Å²) in [5.41, 5.74) is 2.64. The molecule has 0 bridgehead atoms. The zero-order chi connectivity index (χ0) is 17.4. The lowest BCUT2D eigenvalue weighted by Crippen LogP contribution is -2.09. The average molecular weight is 334 g/mol. The van der Waals surface area contributed by atoms with Gasteiger partial charge in [-0.15, -0.1) is 0 Å². The predicted molar refractivity (Wildman–Crippen MR) is 93.6 cm³/mol. The van der Waals surface area contributed by atoms with Crippen molar-refractivity contribution in [1.82, 2.24) is 0 Å². The Hall–Kier alpha value is -2.88. The van der Waals surface area contributed by atoms with Crippen LogP contribution in [0.5, 0.6) is 11.5 Å². The van der Waals surface area contributed by atoms with Crippen molar-refractivity contribution in [3.05, 3.63) is 64.9 Å². The molecule has 1 aliphatic heterocycles. The maximum Gasteiger partial charge on any atom is 0.314 e. The third-order valence-electron chi connectivity index (χ3n) is 4.46. The molecule has 1 fully saturated rings. The van der Waals surface area contributed by atoms with Crippen LogP contribution in [0.4, 0.5) is 0 Å². The number of ether oxygens (including phenoxy) is 2. The fourth-order valence-electron chi connectivity index (χ4n) is 2.75. The number of hydrogen-bond acceptors (Lipinski definition) is 4. The molecule has 0 radical (unpaired) electrons. The largest absolute Gasteiger partial charge is 0.452 e. The Morgan fingerprint density at radius 1 is 1.20 bits per heavy atom. The van der Waals surface area contributed by atoms with Crippen LogP contribution in [0.25, 0.3) is 6.08 Å². The summed E-state index contributed by atoms with van der Waals surface area (Å²) in [6.45, 7) is 2.10. The summed E-state index contributed by atoms with van der Waals surface area (Å²) in [6, 6.07) is 12.9. The zero-order valence-electron chi connectivity index (χ0n) is 14.0. The number of rotatable bonds is 4. The molecule has 0 aromatic heterocycles. The Bertz CT molecular complexity index is 873. The summed E-state index contributed by atoms with van der Waals surface area (Å²) < 4.78 is 11.0. The second-order valence-electron chi connectivity index (χ2n) is 6.39. The fraction of sp³-hybridized carbons (Fsp3) is 0.238. The summed E-state index contributed by atoms with van der Waals surface area (Å²) in [7, 11) is 0. The van der Waals surface area contributed by atoms with Crippen LogP contribution in [0.3, 0.4) is 0 Å². The van der Waals surface area contributed by atoms with Crippen molar-refractivity contribution < 1.29 is 19.1 Å². The van der Waals surface area contributed by atoms with E-state index in [9.17, 15) is 9.59 Å². The van der Waals surface area contributed by atoms with Crippen LogP contribution in [0.15, 0.2) is 48.2 Å². The quantitative estimate of drug-likeness (QED) is 0.478. The van der Waals surface area contributed by atoms with E-state index >= 15 is 0 Å². The Kier molecular flexibility index (Phi) is 3.88. The molecule has 0 unspecified atom stereocenters. The minimum atomic E-state index is -0.212. The van der Waals surface area contributed by atoms with Crippen LogP contribution >= 0.6 is 0 Å². The van der Waals surface area contributed by atoms with Crippen molar-refractivity contribution in [2.45, 2.75) is 26.2 Å². The van der Waals surface area contributed by atoms with Crippen molar-refractivity contribution >= 4 is 17.8 Å². The number of hydrogen-bond donors (Lipinski definition) is 0. The molecule has 0 amide bonds. The molecule has 25 heavy (non-hydrogen) atoms. The number of ketones is 1. The molecule has 1 aliphatic carbocycles. The van der Waals surface area contributed by atoms with E-state index in [2.05, 4.69) is 6.92 Å². The average Bonchev–Trinajstić information content (AvgIpc) is 3.42. The van der Waals surface area contributed by atoms with Crippen LogP contribution in [0.2, 0.25) is 0 Å². The lowest BCUT2D eigenvalue weighted by atomic mass is 10.1. The molecule has 2 aromatic rings. The molecule has 0 saturated heterocycles. The molecule has 0 atom stereocenters. The lowest BCUT2D eigenvalue weighted by molar-refractivity contribution is -0.135. The van der Waals surface area contributed by atoms with Crippen LogP contribution < -0.4 is 9.47 Å². The molecule has 2 aliphatic rings. The molecule has 4 heteroatoms. The van der Waals surface area contributed by atoms with E-state index in [4.69, 9.17) is 9.47 Å². The normalized spacial score (nSPS) is 17.3. The standard InChI is InChI=1S/C21H18O4/c1-2-13-3-5-14(6-4-13)11-19-20(22)17-10-9-16(12-18(17)25-19)24-21(23)15-7-8-15/h3-6,9-12,15H,2,7-8H2,1H3. The molecule has 126 valence electrons. The van der Waals surface area contributed by atoms with Gasteiger partial charge in [-0.3, -0.25) is 9.59 Å². The number of allylic oxidation sites excluding steroid dienone is 1. The lowest BCUT2D eigenvalue weighted by Gasteiger charge is -2.04. The van der Waals surface area contributed by atoms with Gasteiger partial charge in [-0.2, -0.15) is 0 Å². The monoisotopic (exact) mass is 334 g/mol. The van der Waals surface area contributed by atoms with Crippen molar-refractivity contribution in [3.8, 4) is 11.5 Å². The molecule has 0 N–H and O–H groups in total. The fourth-order valence-corrected chi connectivity index (χ4v) is 2.75. The highest BCUT2D eigenvalue weighted by molar-refractivity contribution is 6.14. The molecule has 4 rings (SSSR count). The predicted octanol–water partition coefficient (Wildman–Crippen LogP) is 4.18. The van der Waals surface area contributed by atoms with Gasteiger partial charge in [0.25, 0.3) is 0 Å². The van der Waals surface area contributed by atoms with Crippen LogP contribution in [-0.4, -0.2) is 11.8 Å². The first-order valence-corrected chi connectivity index (χ1v) is 8.53. The van der Waals surface area contributed by atoms with Crippen LogP contribution in [0.1, 0.15) is 41.3 Å². The van der Waals surface area contributed by atoms with E-state index in [0.29, 0.717) is 17.1 Å². The second kappa shape index (κ2) is 6.20.